The van der Waals surface area contributed by atoms with Crippen molar-refractivity contribution in [3.05, 3.63) is 76.3 Å². The van der Waals surface area contributed by atoms with Crippen LogP contribution in [0.5, 0.6) is 0 Å². The van der Waals surface area contributed by atoms with Crippen LogP contribution in [0.1, 0.15) is 11.1 Å². The molecule has 0 amide bonds. The van der Waals surface area contributed by atoms with Crippen LogP contribution in [-0.4, -0.2) is 9.55 Å². The molecule has 0 radical (unpaired) electrons. The summed E-state index contributed by atoms with van der Waals surface area (Å²) in [6, 6.07) is 9.51. The van der Waals surface area contributed by atoms with E-state index in [0.717, 1.165) is 17.7 Å². The molecular weight excluding hydrogens is 388 g/mol. The SMILES string of the molecule is Fc1ccc(Cn2ccnc2-c2ccc(C(F)(F)F)cc2)cc1Br. The maximum absolute atomic E-state index is 13.3. The summed E-state index contributed by atoms with van der Waals surface area (Å²) < 4.78 is 53.4. The summed E-state index contributed by atoms with van der Waals surface area (Å²) in [7, 11) is 0. The molecule has 2 nitrogen and oxygen atoms in total. The van der Waals surface area contributed by atoms with Crippen molar-refractivity contribution in [2.75, 3.05) is 0 Å². The first-order valence-electron chi connectivity index (χ1n) is 6.97. The van der Waals surface area contributed by atoms with Crippen molar-refractivity contribution in [1.82, 2.24) is 9.55 Å². The second kappa shape index (κ2) is 6.39. The molecule has 0 saturated heterocycles. The highest BCUT2D eigenvalue weighted by atomic mass is 79.9. The fourth-order valence-electron chi connectivity index (χ4n) is 2.34. The van der Waals surface area contributed by atoms with Crippen molar-refractivity contribution in [2.24, 2.45) is 0 Å². The number of alkyl halides is 3. The minimum Gasteiger partial charge on any atom is -0.327 e. The molecule has 0 saturated carbocycles. The van der Waals surface area contributed by atoms with E-state index >= 15 is 0 Å². The number of benzene rings is 2. The Bertz CT molecular complexity index is 854. The van der Waals surface area contributed by atoms with E-state index < -0.39 is 11.7 Å². The van der Waals surface area contributed by atoms with Crippen molar-refractivity contribution in [3.63, 3.8) is 0 Å². The lowest BCUT2D eigenvalue weighted by atomic mass is 10.1. The third kappa shape index (κ3) is 3.51. The molecular formula is C17H11BrF4N2. The first-order valence-corrected chi connectivity index (χ1v) is 7.76. The van der Waals surface area contributed by atoms with Gasteiger partial charge in [0.25, 0.3) is 0 Å². The molecule has 0 aliphatic carbocycles. The van der Waals surface area contributed by atoms with Gasteiger partial charge in [-0.15, -0.1) is 0 Å². The molecule has 124 valence electrons. The number of nitrogens with zero attached hydrogens (tertiary/aromatic N) is 2. The molecule has 2 aromatic carbocycles. The fraction of sp³-hybridized carbons (Fsp3) is 0.118. The van der Waals surface area contributed by atoms with Gasteiger partial charge in [-0.05, 0) is 45.8 Å². The van der Waals surface area contributed by atoms with Crippen LogP contribution in [0.4, 0.5) is 17.6 Å². The topological polar surface area (TPSA) is 17.8 Å². The zero-order valence-corrected chi connectivity index (χ0v) is 13.8. The van der Waals surface area contributed by atoms with Crippen LogP contribution in [0.15, 0.2) is 59.3 Å². The predicted octanol–water partition coefficient (Wildman–Crippen LogP) is 5.52. The van der Waals surface area contributed by atoms with Crippen molar-refractivity contribution >= 4 is 15.9 Å². The van der Waals surface area contributed by atoms with Crippen molar-refractivity contribution < 1.29 is 17.6 Å². The van der Waals surface area contributed by atoms with Crippen LogP contribution in [0, 0.1) is 5.82 Å². The van der Waals surface area contributed by atoms with E-state index in [1.807, 2.05) is 0 Å². The van der Waals surface area contributed by atoms with Crippen LogP contribution in [0.2, 0.25) is 0 Å². The summed E-state index contributed by atoms with van der Waals surface area (Å²) in [5.41, 5.74) is 0.718. The summed E-state index contributed by atoms with van der Waals surface area (Å²) in [6.45, 7) is 0.426. The lowest BCUT2D eigenvalue weighted by Gasteiger charge is -2.10. The zero-order valence-electron chi connectivity index (χ0n) is 12.2. The van der Waals surface area contributed by atoms with E-state index in [0.29, 0.717) is 22.4 Å². The van der Waals surface area contributed by atoms with Gasteiger partial charge in [-0.25, -0.2) is 9.37 Å². The van der Waals surface area contributed by atoms with Gasteiger partial charge in [0.2, 0.25) is 0 Å². The Morgan fingerprint density at radius 1 is 1.04 bits per heavy atom. The van der Waals surface area contributed by atoms with Gasteiger partial charge in [-0.1, -0.05) is 18.2 Å². The molecule has 3 aromatic rings. The van der Waals surface area contributed by atoms with Crippen molar-refractivity contribution in [1.29, 1.82) is 0 Å². The van der Waals surface area contributed by atoms with Crippen LogP contribution in [0.25, 0.3) is 11.4 Å². The second-order valence-corrected chi connectivity index (χ2v) is 6.06. The molecule has 0 fully saturated rings. The Kier molecular flexibility index (Phi) is 4.45. The van der Waals surface area contributed by atoms with Gasteiger partial charge in [-0.3, -0.25) is 0 Å². The molecule has 0 unspecified atom stereocenters. The van der Waals surface area contributed by atoms with Gasteiger partial charge in [0.05, 0.1) is 10.0 Å². The number of aromatic nitrogens is 2. The Labute approximate surface area is 143 Å². The predicted molar refractivity (Wildman–Crippen MR) is 85.9 cm³/mol. The molecule has 1 heterocycles. The summed E-state index contributed by atoms with van der Waals surface area (Å²) in [5, 5.41) is 0. The maximum Gasteiger partial charge on any atom is 0.416 e. The monoisotopic (exact) mass is 398 g/mol. The molecule has 0 spiro atoms. The van der Waals surface area contributed by atoms with E-state index in [1.165, 1.54) is 18.2 Å². The number of halogens is 5. The van der Waals surface area contributed by atoms with Gasteiger partial charge in [0.15, 0.2) is 0 Å². The highest BCUT2D eigenvalue weighted by molar-refractivity contribution is 9.10. The number of hydrogen-bond donors (Lipinski definition) is 0. The van der Waals surface area contributed by atoms with E-state index in [4.69, 9.17) is 0 Å². The van der Waals surface area contributed by atoms with Crippen molar-refractivity contribution in [2.45, 2.75) is 12.7 Å². The van der Waals surface area contributed by atoms with Crippen molar-refractivity contribution in [3.8, 4) is 11.4 Å². The minimum atomic E-state index is -4.37. The van der Waals surface area contributed by atoms with Gasteiger partial charge in [0.1, 0.15) is 11.6 Å². The van der Waals surface area contributed by atoms with Gasteiger partial charge in [-0.2, -0.15) is 13.2 Å². The third-order valence-electron chi connectivity index (χ3n) is 3.52. The lowest BCUT2D eigenvalue weighted by molar-refractivity contribution is -0.137. The molecule has 0 atom stereocenters. The van der Waals surface area contributed by atoms with E-state index in [1.54, 1.807) is 29.1 Å². The average Bonchev–Trinajstić information content (AvgIpc) is 2.98. The standard InChI is InChI=1S/C17H11BrF4N2/c18-14-9-11(1-6-15(14)19)10-24-8-7-23-16(24)12-2-4-13(5-3-12)17(20,21)22/h1-9H,10H2. The molecule has 0 bridgehead atoms. The van der Waals surface area contributed by atoms with Gasteiger partial charge in [0, 0.05) is 24.5 Å². The Morgan fingerprint density at radius 2 is 1.75 bits per heavy atom. The minimum absolute atomic E-state index is 0.354. The fourth-order valence-corrected chi connectivity index (χ4v) is 2.77. The Morgan fingerprint density at radius 3 is 2.38 bits per heavy atom. The summed E-state index contributed by atoms with van der Waals surface area (Å²) in [4.78, 5) is 4.21. The largest absolute Gasteiger partial charge is 0.416 e. The smallest absolute Gasteiger partial charge is 0.327 e. The molecule has 24 heavy (non-hydrogen) atoms. The third-order valence-corrected chi connectivity index (χ3v) is 4.13. The normalized spacial score (nSPS) is 11.7. The van der Waals surface area contributed by atoms with E-state index in [9.17, 15) is 17.6 Å². The highest BCUT2D eigenvalue weighted by Gasteiger charge is 2.30. The summed E-state index contributed by atoms with van der Waals surface area (Å²) >= 11 is 3.13. The molecule has 1 aromatic heterocycles. The summed E-state index contributed by atoms with van der Waals surface area (Å²) in [5.74, 6) is 0.191. The van der Waals surface area contributed by atoms with Crippen LogP contribution < -0.4 is 0 Å². The molecule has 7 heteroatoms. The molecule has 0 N–H and O–H groups in total. The Hall–Kier alpha value is -2.15. The molecule has 0 aliphatic heterocycles. The summed E-state index contributed by atoms with van der Waals surface area (Å²) in [6.07, 6.45) is -1.07. The molecule has 0 aliphatic rings. The first-order chi connectivity index (χ1) is 11.3. The quantitative estimate of drug-likeness (QED) is 0.531. The number of rotatable bonds is 3. The zero-order chi connectivity index (χ0) is 17.3. The van der Waals surface area contributed by atoms with Crippen LogP contribution in [0.3, 0.4) is 0 Å². The average molecular weight is 399 g/mol. The number of hydrogen-bond acceptors (Lipinski definition) is 1. The van der Waals surface area contributed by atoms with Gasteiger partial charge >= 0.3 is 6.18 Å². The Balaban J connectivity index is 1.88. The van der Waals surface area contributed by atoms with Gasteiger partial charge < -0.3 is 4.57 Å². The maximum atomic E-state index is 13.3. The second-order valence-electron chi connectivity index (χ2n) is 5.20. The lowest BCUT2D eigenvalue weighted by Crippen LogP contribution is -2.05. The number of imidazole rings is 1. The van der Waals surface area contributed by atoms with Crippen LogP contribution >= 0.6 is 15.9 Å². The van der Waals surface area contributed by atoms with Crippen LogP contribution in [-0.2, 0) is 12.7 Å². The van der Waals surface area contributed by atoms with E-state index in [2.05, 4.69) is 20.9 Å². The molecule has 3 rings (SSSR count). The first kappa shape index (κ1) is 16.7. The van der Waals surface area contributed by atoms with E-state index in [-0.39, 0.29) is 5.82 Å². The highest BCUT2D eigenvalue weighted by Crippen LogP contribution is 2.30.